The summed E-state index contributed by atoms with van der Waals surface area (Å²) in [6, 6.07) is 26.6. The van der Waals surface area contributed by atoms with Gasteiger partial charge in [0.1, 0.15) is 18.4 Å². The zero-order chi connectivity index (χ0) is 32.4. The minimum Gasteiger partial charge on any atom is -0.354 e. The molecule has 0 aliphatic heterocycles. The smallest absolute Gasteiger partial charge is 0.264 e. The third-order valence-electron chi connectivity index (χ3n) is 7.43. The van der Waals surface area contributed by atoms with E-state index in [9.17, 15) is 22.4 Å². The van der Waals surface area contributed by atoms with Gasteiger partial charge in [-0.25, -0.2) is 12.8 Å². The Morgan fingerprint density at radius 2 is 1.51 bits per heavy atom. The normalized spacial score (nSPS) is 11.9. The first-order valence-corrected chi connectivity index (χ1v) is 16.6. The van der Waals surface area contributed by atoms with Crippen molar-refractivity contribution in [3.63, 3.8) is 0 Å². The van der Waals surface area contributed by atoms with E-state index in [1.807, 2.05) is 37.3 Å². The highest BCUT2D eigenvalue weighted by Gasteiger charge is 2.35. The van der Waals surface area contributed by atoms with Crippen LogP contribution in [0.15, 0.2) is 108 Å². The number of nitrogens with zero attached hydrogens (tertiary/aromatic N) is 2. The zero-order valence-corrected chi connectivity index (χ0v) is 26.9. The molecule has 45 heavy (non-hydrogen) atoms. The second-order valence-electron chi connectivity index (χ2n) is 10.8. The largest absolute Gasteiger partial charge is 0.354 e. The summed E-state index contributed by atoms with van der Waals surface area (Å²) in [5, 5.41) is 3.32. The number of amides is 2. The first-order valence-electron chi connectivity index (χ1n) is 14.8. The van der Waals surface area contributed by atoms with Crippen LogP contribution in [0.25, 0.3) is 0 Å². The van der Waals surface area contributed by atoms with E-state index in [1.54, 1.807) is 43.3 Å². The van der Waals surface area contributed by atoms with E-state index < -0.39 is 34.3 Å². The summed E-state index contributed by atoms with van der Waals surface area (Å²) < 4.78 is 43.1. The second-order valence-corrected chi connectivity index (χ2v) is 13.0. The van der Waals surface area contributed by atoms with E-state index in [1.165, 1.54) is 41.3 Å². The Labute approximate surface area is 269 Å². The summed E-state index contributed by atoms with van der Waals surface area (Å²) in [6.07, 6.45) is 1.83. The molecule has 0 fully saturated rings. The molecule has 1 atom stereocenters. The van der Waals surface area contributed by atoms with Crippen molar-refractivity contribution in [2.24, 2.45) is 0 Å². The molecule has 2 amide bonds. The molecule has 0 spiro atoms. The summed E-state index contributed by atoms with van der Waals surface area (Å²) in [6.45, 7) is 3.59. The summed E-state index contributed by atoms with van der Waals surface area (Å²) in [4.78, 5) is 29.6. The molecule has 236 valence electrons. The predicted molar refractivity (Wildman–Crippen MR) is 176 cm³/mol. The van der Waals surface area contributed by atoms with Crippen LogP contribution < -0.4 is 9.62 Å². The molecular formula is C35H37ClFN3O4S. The number of sulfonamides is 1. The van der Waals surface area contributed by atoms with Gasteiger partial charge in [-0.3, -0.25) is 13.9 Å². The number of hydrogen-bond donors (Lipinski definition) is 1. The van der Waals surface area contributed by atoms with E-state index in [0.717, 1.165) is 22.7 Å². The lowest BCUT2D eigenvalue weighted by Crippen LogP contribution is -2.53. The van der Waals surface area contributed by atoms with Gasteiger partial charge in [-0.15, -0.1) is 0 Å². The van der Waals surface area contributed by atoms with Gasteiger partial charge in [0.15, 0.2) is 0 Å². The summed E-state index contributed by atoms with van der Waals surface area (Å²) in [7, 11) is -4.25. The highest BCUT2D eigenvalue weighted by Crippen LogP contribution is 2.28. The number of unbranched alkanes of at least 4 members (excludes halogenated alkanes) is 1. The Morgan fingerprint density at radius 3 is 2.16 bits per heavy atom. The van der Waals surface area contributed by atoms with Crippen LogP contribution in [-0.2, 0) is 32.6 Å². The molecule has 0 saturated heterocycles. The van der Waals surface area contributed by atoms with Crippen LogP contribution in [0.2, 0.25) is 5.02 Å². The lowest BCUT2D eigenvalue weighted by Gasteiger charge is -2.34. The van der Waals surface area contributed by atoms with Gasteiger partial charge < -0.3 is 10.2 Å². The molecule has 10 heteroatoms. The van der Waals surface area contributed by atoms with E-state index in [0.29, 0.717) is 28.4 Å². The highest BCUT2D eigenvalue weighted by molar-refractivity contribution is 7.92. The molecule has 4 aromatic carbocycles. The summed E-state index contributed by atoms with van der Waals surface area (Å²) in [5.74, 6) is -1.38. The Morgan fingerprint density at radius 1 is 0.867 bits per heavy atom. The van der Waals surface area contributed by atoms with Crippen LogP contribution in [0.5, 0.6) is 0 Å². The predicted octanol–water partition coefficient (Wildman–Crippen LogP) is 6.54. The van der Waals surface area contributed by atoms with Crippen molar-refractivity contribution in [3.8, 4) is 0 Å². The summed E-state index contributed by atoms with van der Waals surface area (Å²) in [5.41, 5.74) is 2.39. The molecule has 0 heterocycles. The highest BCUT2D eigenvalue weighted by atomic mass is 35.5. The fourth-order valence-corrected chi connectivity index (χ4v) is 6.54. The van der Waals surface area contributed by atoms with Gasteiger partial charge in [-0.05, 0) is 72.5 Å². The number of rotatable bonds is 14. The number of para-hydroxylation sites is 1. The molecule has 0 aromatic heterocycles. The number of carbonyl (C=O) groups excluding carboxylic acids is 2. The number of carbonyl (C=O) groups is 2. The van der Waals surface area contributed by atoms with Crippen molar-refractivity contribution in [1.29, 1.82) is 0 Å². The minimum atomic E-state index is -4.25. The van der Waals surface area contributed by atoms with Crippen molar-refractivity contribution in [1.82, 2.24) is 10.2 Å². The molecule has 0 aliphatic carbocycles. The Balaban J connectivity index is 1.79. The van der Waals surface area contributed by atoms with Crippen molar-refractivity contribution in [3.05, 3.63) is 131 Å². The molecule has 1 N–H and O–H groups in total. The van der Waals surface area contributed by atoms with Crippen molar-refractivity contribution >= 4 is 39.1 Å². The second kappa shape index (κ2) is 15.7. The minimum absolute atomic E-state index is 0.0359. The molecule has 0 aliphatic rings. The first-order chi connectivity index (χ1) is 21.6. The van der Waals surface area contributed by atoms with E-state index >= 15 is 0 Å². The van der Waals surface area contributed by atoms with Crippen molar-refractivity contribution in [2.45, 2.75) is 50.6 Å². The van der Waals surface area contributed by atoms with Crippen LogP contribution in [-0.4, -0.2) is 44.3 Å². The third-order valence-corrected chi connectivity index (χ3v) is 9.46. The van der Waals surface area contributed by atoms with Crippen LogP contribution in [0.3, 0.4) is 0 Å². The first kappa shape index (κ1) is 33.7. The topological polar surface area (TPSA) is 86.8 Å². The maximum atomic E-state index is 14.5. The zero-order valence-electron chi connectivity index (χ0n) is 25.3. The summed E-state index contributed by atoms with van der Waals surface area (Å²) >= 11 is 6.04. The van der Waals surface area contributed by atoms with Crippen LogP contribution in [0.1, 0.15) is 36.5 Å². The maximum Gasteiger partial charge on any atom is 0.264 e. The fourth-order valence-electron chi connectivity index (χ4n) is 4.94. The number of hydrogen-bond acceptors (Lipinski definition) is 4. The van der Waals surface area contributed by atoms with E-state index in [2.05, 4.69) is 5.32 Å². The Kier molecular flexibility index (Phi) is 11.7. The molecule has 0 radical (unpaired) electrons. The van der Waals surface area contributed by atoms with Crippen molar-refractivity contribution < 1.29 is 22.4 Å². The van der Waals surface area contributed by atoms with E-state index in [4.69, 9.17) is 11.6 Å². The standard InChI is InChI=1S/C35H37ClFN3O4S/c1-3-4-22-38-35(42)33(23-27-11-6-5-7-12-27)39(24-28-14-18-30(37)19-15-28)34(41)25-40(32-13-9-8-10-26(32)2)45(43,44)31-20-16-29(36)17-21-31/h5-21,33H,3-4,22-25H2,1-2H3,(H,38,42). The fraction of sp³-hybridized carbons (Fsp3) is 0.257. The van der Waals surface area contributed by atoms with Gasteiger partial charge in [-0.2, -0.15) is 0 Å². The van der Waals surface area contributed by atoms with E-state index in [-0.39, 0.29) is 23.8 Å². The van der Waals surface area contributed by atoms with Crippen LogP contribution in [0, 0.1) is 12.7 Å². The number of anilines is 1. The van der Waals surface area contributed by atoms with Gasteiger partial charge in [0.2, 0.25) is 11.8 Å². The average molecular weight is 650 g/mol. The Bertz CT molecular complexity index is 1680. The third kappa shape index (κ3) is 8.93. The molecule has 1 unspecified atom stereocenters. The molecule has 0 bridgehead atoms. The monoisotopic (exact) mass is 649 g/mol. The van der Waals surface area contributed by atoms with Gasteiger partial charge in [0.25, 0.3) is 10.0 Å². The van der Waals surface area contributed by atoms with Gasteiger partial charge in [0, 0.05) is 24.5 Å². The van der Waals surface area contributed by atoms with Crippen LogP contribution in [0.4, 0.5) is 10.1 Å². The molecule has 7 nitrogen and oxygen atoms in total. The molecule has 4 rings (SSSR count). The number of aryl methyl sites for hydroxylation is 1. The molecule has 0 saturated carbocycles. The molecular weight excluding hydrogens is 613 g/mol. The number of nitrogens with one attached hydrogen (secondary N) is 1. The number of halogens is 2. The lowest BCUT2D eigenvalue weighted by atomic mass is 10.0. The maximum absolute atomic E-state index is 14.5. The quantitative estimate of drug-likeness (QED) is 0.157. The van der Waals surface area contributed by atoms with Gasteiger partial charge in [-0.1, -0.05) is 85.6 Å². The average Bonchev–Trinajstić information content (AvgIpc) is 3.03. The SMILES string of the molecule is CCCCNC(=O)C(Cc1ccccc1)N(Cc1ccc(F)cc1)C(=O)CN(c1ccccc1C)S(=O)(=O)c1ccc(Cl)cc1. The lowest BCUT2D eigenvalue weighted by molar-refractivity contribution is -0.140. The molecule has 4 aromatic rings. The van der Waals surface area contributed by atoms with Gasteiger partial charge >= 0.3 is 0 Å². The van der Waals surface area contributed by atoms with Gasteiger partial charge in [0.05, 0.1) is 10.6 Å². The number of benzene rings is 4. The van der Waals surface area contributed by atoms with Crippen molar-refractivity contribution in [2.75, 3.05) is 17.4 Å². The van der Waals surface area contributed by atoms with Crippen LogP contribution >= 0.6 is 11.6 Å². The Hall–Kier alpha value is -4.21.